The normalized spacial score (nSPS) is 23.5. The first-order chi connectivity index (χ1) is 10.7. The molecule has 0 aliphatic carbocycles. The molecule has 0 saturated carbocycles. The molecule has 0 N–H and O–H groups in total. The summed E-state index contributed by atoms with van der Waals surface area (Å²) in [6, 6.07) is 8.26. The van der Waals surface area contributed by atoms with E-state index in [4.69, 9.17) is 4.74 Å². The Kier molecular flexibility index (Phi) is 5.50. The maximum absolute atomic E-state index is 12.6. The second-order valence-corrected chi connectivity index (χ2v) is 6.93. The van der Waals surface area contributed by atoms with Crippen LogP contribution in [0.1, 0.15) is 24.8 Å². The molecule has 2 saturated heterocycles. The van der Waals surface area contributed by atoms with Crippen LogP contribution in [0.15, 0.2) is 28.7 Å². The molecule has 0 radical (unpaired) electrons. The SMILES string of the molecule is O=C(C1CN(Cc2ccccc2Br)CCO1)N1CCCCC1. The predicted octanol–water partition coefficient (Wildman–Crippen LogP) is 2.66. The maximum atomic E-state index is 12.6. The molecule has 0 bridgehead atoms. The summed E-state index contributed by atoms with van der Waals surface area (Å²) in [5.74, 6) is 0.177. The smallest absolute Gasteiger partial charge is 0.253 e. The zero-order chi connectivity index (χ0) is 15.4. The van der Waals surface area contributed by atoms with E-state index in [9.17, 15) is 4.79 Å². The van der Waals surface area contributed by atoms with Gasteiger partial charge < -0.3 is 9.64 Å². The van der Waals surface area contributed by atoms with Crippen LogP contribution >= 0.6 is 15.9 Å². The Bertz CT molecular complexity index is 517. The van der Waals surface area contributed by atoms with Gasteiger partial charge in [0.2, 0.25) is 0 Å². The third-order valence-electron chi connectivity index (χ3n) is 4.45. The fraction of sp³-hybridized carbons (Fsp3) is 0.588. The van der Waals surface area contributed by atoms with E-state index < -0.39 is 0 Å². The minimum Gasteiger partial charge on any atom is -0.366 e. The highest BCUT2D eigenvalue weighted by Crippen LogP contribution is 2.20. The van der Waals surface area contributed by atoms with Gasteiger partial charge in [-0.3, -0.25) is 9.69 Å². The molecule has 1 amide bonds. The van der Waals surface area contributed by atoms with E-state index in [2.05, 4.69) is 39.0 Å². The number of hydrogen-bond acceptors (Lipinski definition) is 3. The summed E-state index contributed by atoms with van der Waals surface area (Å²) in [5, 5.41) is 0. The standard InChI is InChI=1S/C17H23BrN2O2/c18-15-7-3-2-6-14(15)12-19-10-11-22-16(13-19)17(21)20-8-4-1-5-9-20/h2-3,6-7,16H,1,4-5,8-13H2. The summed E-state index contributed by atoms with van der Waals surface area (Å²) in [7, 11) is 0. The number of morpholine rings is 1. The molecule has 1 aromatic rings. The fourth-order valence-electron chi connectivity index (χ4n) is 3.18. The Hall–Kier alpha value is -0.910. The monoisotopic (exact) mass is 366 g/mol. The number of benzene rings is 1. The van der Waals surface area contributed by atoms with Gasteiger partial charge in [-0.25, -0.2) is 0 Å². The van der Waals surface area contributed by atoms with Gasteiger partial charge in [-0.2, -0.15) is 0 Å². The van der Waals surface area contributed by atoms with Gasteiger partial charge in [-0.15, -0.1) is 0 Å². The van der Waals surface area contributed by atoms with Gasteiger partial charge in [-0.05, 0) is 30.9 Å². The second-order valence-electron chi connectivity index (χ2n) is 6.07. The number of rotatable bonds is 3. The highest BCUT2D eigenvalue weighted by Gasteiger charge is 2.30. The van der Waals surface area contributed by atoms with E-state index in [0.717, 1.165) is 43.5 Å². The van der Waals surface area contributed by atoms with Crippen molar-refractivity contribution in [1.82, 2.24) is 9.80 Å². The molecule has 2 fully saturated rings. The average Bonchev–Trinajstić information content (AvgIpc) is 2.57. The number of carbonyl (C=O) groups excluding carboxylic acids is 1. The summed E-state index contributed by atoms with van der Waals surface area (Å²) in [6.45, 7) is 4.84. The lowest BCUT2D eigenvalue weighted by molar-refractivity contribution is -0.150. The number of amides is 1. The fourth-order valence-corrected chi connectivity index (χ4v) is 3.59. The van der Waals surface area contributed by atoms with Gasteiger partial charge in [0.1, 0.15) is 6.10 Å². The number of piperidine rings is 1. The van der Waals surface area contributed by atoms with Crippen LogP contribution in [0.5, 0.6) is 0 Å². The van der Waals surface area contributed by atoms with E-state index in [1.54, 1.807) is 0 Å². The maximum Gasteiger partial charge on any atom is 0.253 e. The van der Waals surface area contributed by atoms with Gasteiger partial charge in [0.05, 0.1) is 6.61 Å². The van der Waals surface area contributed by atoms with Crippen LogP contribution < -0.4 is 0 Å². The van der Waals surface area contributed by atoms with Crippen LogP contribution in [0.4, 0.5) is 0 Å². The number of hydrogen-bond donors (Lipinski definition) is 0. The molecule has 2 aliphatic rings. The number of carbonyl (C=O) groups is 1. The van der Waals surface area contributed by atoms with Crippen LogP contribution in [0.3, 0.4) is 0 Å². The lowest BCUT2D eigenvalue weighted by atomic mass is 10.1. The van der Waals surface area contributed by atoms with Crippen LogP contribution in [-0.2, 0) is 16.1 Å². The van der Waals surface area contributed by atoms with Crippen molar-refractivity contribution in [2.75, 3.05) is 32.8 Å². The highest BCUT2D eigenvalue weighted by molar-refractivity contribution is 9.10. The van der Waals surface area contributed by atoms with Crippen molar-refractivity contribution >= 4 is 21.8 Å². The first-order valence-corrected chi connectivity index (χ1v) is 8.89. The zero-order valence-electron chi connectivity index (χ0n) is 12.8. The molecule has 1 atom stereocenters. The molecular weight excluding hydrogens is 344 g/mol. The summed E-state index contributed by atoms with van der Waals surface area (Å²) in [4.78, 5) is 16.9. The summed E-state index contributed by atoms with van der Waals surface area (Å²) in [5.41, 5.74) is 1.26. The number of nitrogens with zero attached hydrogens (tertiary/aromatic N) is 2. The average molecular weight is 367 g/mol. The zero-order valence-corrected chi connectivity index (χ0v) is 14.4. The minimum absolute atomic E-state index is 0.177. The first-order valence-electron chi connectivity index (χ1n) is 8.10. The molecule has 1 unspecified atom stereocenters. The molecule has 4 nitrogen and oxygen atoms in total. The quantitative estimate of drug-likeness (QED) is 0.824. The largest absolute Gasteiger partial charge is 0.366 e. The topological polar surface area (TPSA) is 32.8 Å². The molecule has 120 valence electrons. The van der Waals surface area contributed by atoms with E-state index in [1.165, 1.54) is 12.0 Å². The Balaban J connectivity index is 1.59. The summed E-state index contributed by atoms with van der Waals surface area (Å²) >= 11 is 3.60. The number of likely N-dealkylation sites (tertiary alicyclic amines) is 1. The Labute approximate surface area is 140 Å². The van der Waals surface area contributed by atoms with E-state index in [1.807, 2.05) is 11.0 Å². The third-order valence-corrected chi connectivity index (χ3v) is 5.22. The molecule has 1 aromatic carbocycles. The van der Waals surface area contributed by atoms with Crippen molar-refractivity contribution in [2.45, 2.75) is 31.9 Å². The van der Waals surface area contributed by atoms with Crippen LogP contribution in [0, 0.1) is 0 Å². The lowest BCUT2D eigenvalue weighted by Crippen LogP contribution is -2.51. The van der Waals surface area contributed by atoms with Crippen molar-refractivity contribution in [1.29, 1.82) is 0 Å². The minimum atomic E-state index is -0.297. The molecule has 2 heterocycles. The van der Waals surface area contributed by atoms with Gasteiger partial charge in [0, 0.05) is 37.2 Å². The van der Waals surface area contributed by atoms with Gasteiger partial charge in [0.15, 0.2) is 0 Å². The van der Waals surface area contributed by atoms with E-state index in [0.29, 0.717) is 13.2 Å². The van der Waals surface area contributed by atoms with E-state index in [-0.39, 0.29) is 12.0 Å². The van der Waals surface area contributed by atoms with Crippen molar-refractivity contribution in [2.24, 2.45) is 0 Å². The molecule has 3 rings (SSSR count). The predicted molar refractivity (Wildman–Crippen MR) is 89.6 cm³/mol. The van der Waals surface area contributed by atoms with Gasteiger partial charge in [-0.1, -0.05) is 34.1 Å². The molecule has 0 spiro atoms. The summed E-state index contributed by atoms with van der Waals surface area (Å²) < 4.78 is 6.87. The van der Waals surface area contributed by atoms with Crippen LogP contribution in [0.25, 0.3) is 0 Å². The number of ether oxygens (including phenoxy) is 1. The van der Waals surface area contributed by atoms with Gasteiger partial charge >= 0.3 is 0 Å². The second kappa shape index (κ2) is 7.57. The van der Waals surface area contributed by atoms with Crippen molar-refractivity contribution in [3.63, 3.8) is 0 Å². The third kappa shape index (κ3) is 3.89. The van der Waals surface area contributed by atoms with Gasteiger partial charge in [0.25, 0.3) is 5.91 Å². The van der Waals surface area contributed by atoms with Crippen LogP contribution in [-0.4, -0.2) is 54.6 Å². The number of halogens is 1. The van der Waals surface area contributed by atoms with Crippen molar-refractivity contribution < 1.29 is 9.53 Å². The first kappa shape index (κ1) is 16.0. The summed E-state index contributed by atoms with van der Waals surface area (Å²) in [6.07, 6.45) is 3.19. The van der Waals surface area contributed by atoms with Crippen molar-refractivity contribution in [3.05, 3.63) is 34.3 Å². The lowest BCUT2D eigenvalue weighted by Gasteiger charge is -2.36. The van der Waals surface area contributed by atoms with Crippen molar-refractivity contribution in [3.8, 4) is 0 Å². The van der Waals surface area contributed by atoms with Crippen LogP contribution in [0.2, 0.25) is 0 Å². The Morgan fingerprint density at radius 1 is 1.18 bits per heavy atom. The molecule has 22 heavy (non-hydrogen) atoms. The highest BCUT2D eigenvalue weighted by atomic mass is 79.9. The molecule has 0 aromatic heterocycles. The Morgan fingerprint density at radius 2 is 1.95 bits per heavy atom. The molecule has 2 aliphatic heterocycles. The van der Waals surface area contributed by atoms with E-state index >= 15 is 0 Å². The molecule has 5 heteroatoms. The Morgan fingerprint density at radius 3 is 2.73 bits per heavy atom. The molecular formula is C17H23BrN2O2.